The molecule has 10 heteroatoms. The molecule has 0 aliphatic rings. The zero-order chi connectivity index (χ0) is 17.6. The van der Waals surface area contributed by atoms with Crippen LogP contribution in [0.25, 0.3) is 0 Å². The second kappa shape index (κ2) is 8.66. The molecule has 1 unspecified atom stereocenters. The van der Waals surface area contributed by atoms with Gasteiger partial charge in [0, 0.05) is 11.8 Å². The molecule has 0 N–H and O–H groups in total. The number of esters is 1. The number of thioether (sulfide) groups is 2. The van der Waals surface area contributed by atoms with Gasteiger partial charge in [0.15, 0.2) is 0 Å². The van der Waals surface area contributed by atoms with E-state index in [1.54, 1.807) is 27.7 Å². The second-order valence-corrected chi connectivity index (χ2v) is 7.21. The van der Waals surface area contributed by atoms with Crippen LogP contribution in [0.15, 0.2) is 0 Å². The molecule has 0 aromatic carbocycles. The van der Waals surface area contributed by atoms with E-state index >= 15 is 0 Å². The van der Waals surface area contributed by atoms with Gasteiger partial charge in [0.1, 0.15) is 12.0 Å². The van der Waals surface area contributed by atoms with Gasteiger partial charge in [-0.25, -0.2) is 4.79 Å². The minimum atomic E-state index is -4.75. The van der Waals surface area contributed by atoms with Crippen molar-refractivity contribution in [1.29, 1.82) is 0 Å². The van der Waals surface area contributed by atoms with Gasteiger partial charge in [-0.3, -0.25) is 9.59 Å². The molecule has 0 aromatic rings. The molecule has 0 radical (unpaired) electrons. The van der Waals surface area contributed by atoms with E-state index in [1.165, 1.54) is 0 Å². The van der Waals surface area contributed by atoms with E-state index < -0.39 is 40.0 Å². The predicted octanol–water partition coefficient (Wildman–Crippen LogP) is 3.76. The first-order valence-corrected chi connectivity index (χ1v) is 8.03. The molecule has 0 rings (SSSR count). The summed E-state index contributed by atoms with van der Waals surface area (Å²) in [4.78, 5) is 34.5. The lowest BCUT2D eigenvalue weighted by Gasteiger charge is -2.21. The fraction of sp³-hybridized carbons (Fsp3) is 0.750. The van der Waals surface area contributed by atoms with Gasteiger partial charge in [0.05, 0.1) is 0 Å². The molecule has 1 atom stereocenters. The van der Waals surface area contributed by atoms with Crippen molar-refractivity contribution < 1.29 is 37.0 Å². The van der Waals surface area contributed by atoms with E-state index in [2.05, 4.69) is 4.74 Å². The summed E-state index contributed by atoms with van der Waals surface area (Å²) in [5, 5.41) is -1.64. The predicted molar refractivity (Wildman–Crippen MR) is 77.5 cm³/mol. The Morgan fingerprint density at radius 2 is 1.68 bits per heavy atom. The quantitative estimate of drug-likeness (QED) is 0.545. The summed E-state index contributed by atoms with van der Waals surface area (Å²) in [5.74, 6) is -1.31. The van der Waals surface area contributed by atoms with Gasteiger partial charge >= 0.3 is 17.4 Å². The van der Waals surface area contributed by atoms with Crippen molar-refractivity contribution in [1.82, 2.24) is 0 Å². The van der Waals surface area contributed by atoms with Crippen molar-refractivity contribution >= 4 is 39.9 Å². The fourth-order valence-electron chi connectivity index (χ4n) is 1.02. The maximum absolute atomic E-state index is 12.1. The molecule has 22 heavy (non-hydrogen) atoms. The van der Waals surface area contributed by atoms with Crippen LogP contribution < -0.4 is 0 Å². The zero-order valence-corrected chi connectivity index (χ0v) is 14.1. The molecule has 128 valence electrons. The molecule has 5 nitrogen and oxygen atoms in total. The Morgan fingerprint density at radius 1 is 1.14 bits per heavy atom. The number of alkyl halides is 3. The summed E-state index contributed by atoms with van der Waals surface area (Å²) in [5.41, 5.74) is -2.51. The number of hydrogen-bond acceptors (Lipinski definition) is 7. The number of rotatable bonds is 5. The highest BCUT2D eigenvalue weighted by Crippen LogP contribution is 2.26. The van der Waals surface area contributed by atoms with Gasteiger partial charge in [-0.1, -0.05) is 18.7 Å². The Labute approximate surface area is 134 Å². The Bertz CT molecular complexity index is 388. The molecular weight excluding hydrogens is 345 g/mol. The summed E-state index contributed by atoms with van der Waals surface area (Å²) in [6, 6.07) is 0. The molecule has 0 amide bonds. The van der Waals surface area contributed by atoms with Gasteiger partial charge in [-0.15, -0.1) is 0 Å². The minimum absolute atomic E-state index is 0.232. The normalized spacial score (nSPS) is 13.4. The third-order valence-corrected chi connectivity index (χ3v) is 3.39. The van der Waals surface area contributed by atoms with E-state index in [1.807, 2.05) is 0 Å². The Hall–Kier alpha value is -0.900. The lowest BCUT2D eigenvalue weighted by Crippen LogP contribution is -2.29. The Kier molecular flexibility index (Phi) is 8.30. The van der Waals surface area contributed by atoms with Gasteiger partial charge in [-0.05, 0) is 26.5 Å². The number of hydrogen-bond donors (Lipinski definition) is 0. The highest BCUT2D eigenvalue weighted by atomic mass is 32.2. The lowest BCUT2D eigenvalue weighted by molar-refractivity contribution is -0.173. The van der Waals surface area contributed by atoms with Crippen LogP contribution in [0.5, 0.6) is 0 Å². The lowest BCUT2D eigenvalue weighted by atomic mass is 10.2. The number of ether oxygens (including phenoxy) is 2. The number of carbonyl (C=O) groups excluding carboxylic acids is 3. The maximum Gasteiger partial charge on any atom is 0.399 e. The zero-order valence-electron chi connectivity index (χ0n) is 12.5. The smallest absolute Gasteiger partial charge is 0.399 e. The molecule has 0 spiro atoms. The summed E-state index contributed by atoms with van der Waals surface area (Å²) in [7, 11) is 0. The molecule has 0 aliphatic heterocycles. The third kappa shape index (κ3) is 10.8. The van der Waals surface area contributed by atoms with E-state index in [0.717, 1.165) is 11.8 Å². The second-order valence-electron chi connectivity index (χ2n) is 4.95. The molecule has 0 saturated carbocycles. The SMILES string of the molecule is CCSC(=O)C(OC(=O)CC(F)(F)F)SC(=O)OC(C)(C)C. The molecule has 0 aliphatic carbocycles. The van der Waals surface area contributed by atoms with Crippen LogP contribution in [-0.4, -0.2) is 39.4 Å². The van der Waals surface area contributed by atoms with Crippen molar-refractivity contribution in [2.75, 3.05) is 5.75 Å². The summed E-state index contributed by atoms with van der Waals surface area (Å²) in [6.45, 7) is 6.38. The van der Waals surface area contributed by atoms with Crippen LogP contribution in [0.2, 0.25) is 0 Å². The van der Waals surface area contributed by atoms with E-state index in [4.69, 9.17) is 4.74 Å². The fourth-order valence-corrected chi connectivity index (χ4v) is 2.56. The van der Waals surface area contributed by atoms with Crippen molar-refractivity contribution in [3.63, 3.8) is 0 Å². The summed E-state index contributed by atoms with van der Waals surface area (Å²) >= 11 is 0.965. The Morgan fingerprint density at radius 3 is 2.09 bits per heavy atom. The van der Waals surface area contributed by atoms with Crippen molar-refractivity contribution in [2.24, 2.45) is 0 Å². The van der Waals surface area contributed by atoms with Crippen LogP contribution in [0.3, 0.4) is 0 Å². The first-order chi connectivity index (χ1) is 9.84. The van der Waals surface area contributed by atoms with Crippen LogP contribution in [0.1, 0.15) is 34.1 Å². The standard InChI is InChI=1S/C12H17F3O5S2/c1-5-21-8(17)9(19-7(16)6-12(13,14)15)22-10(18)20-11(2,3)4/h9H,5-6H2,1-4H3. The summed E-state index contributed by atoms with van der Waals surface area (Å²) < 4.78 is 45.7. The highest BCUT2D eigenvalue weighted by molar-refractivity contribution is 8.19. The van der Waals surface area contributed by atoms with Gasteiger partial charge in [-0.2, -0.15) is 13.2 Å². The van der Waals surface area contributed by atoms with Crippen LogP contribution >= 0.6 is 23.5 Å². The molecule has 0 saturated heterocycles. The van der Waals surface area contributed by atoms with Crippen LogP contribution in [-0.2, 0) is 19.1 Å². The van der Waals surface area contributed by atoms with Crippen molar-refractivity contribution in [2.45, 2.75) is 51.3 Å². The largest absolute Gasteiger partial charge is 0.452 e. The molecular formula is C12H17F3O5S2. The van der Waals surface area contributed by atoms with E-state index in [-0.39, 0.29) is 11.8 Å². The van der Waals surface area contributed by atoms with E-state index in [0.29, 0.717) is 5.75 Å². The first kappa shape index (κ1) is 21.1. The average Bonchev–Trinajstić information content (AvgIpc) is 2.22. The van der Waals surface area contributed by atoms with Crippen molar-refractivity contribution in [3.05, 3.63) is 0 Å². The van der Waals surface area contributed by atoms with Gasteiger partial charge < -0.3 is 9.47 Å². The third-order valence-electron chi connectivity index (χ3n) is 1.66. The monoisotopic (exact) mass is 362 g/mol. The number of carbonyl (C=O) groups is 3. The molecule has 0 bridgehead atoms. The van der Waals surface area contributed by atoms with Crippen LogP contribution in [0.4, 0.5) is 18.0 Å². The van der Waals surface area contributed by atoms with E-state index in [9.17, 15) is 27.6 Å². The molecule has 0 aromatic heterocycles. The Balaban J connectivity index is 4.80. The van der Waals surface area contributed by atoms with Gasteiger partial charge in [0.2, 0.25) is 10.6 Å². The summed E-state index contributed by atoms with van der Waals surface area (Å²) in [6.07, 6.45) is -6.58. The minimum Gasteiger partial charge on any atom is -0.452 e. The first-order valence-electron chi connectivity index (χ1n) is 6.16. The topological polar surface area (TPSA) is 69.7 Å². The molecule has 0 fully saturated rings. The average molecular weight is 362 g/mol. The highest BCUT2D eigenvalue weighted by Gasteiger charge is 2.36. The van der Waals surface area contributed by atoms with Crippen LogP contribution in [0, 0.1) is 0 Å². The molecule has 0 heterocycles. The maximum atomic E-state index is 12.1. The number of halogens is 3. The van der Waals surface area contributed by atoms with Gasteiger partial charge in [0.25, 0.3) is 0 Å². The van der Waals surface area contributed by atoms with Crippen molar-refractivity contribution in [3.8, 4) is 0 Å².